The number of nitrogens with zero attached hydrogens (tertiary/aromatic N) is 3. The van der Waals surface area contributed by atoms with Crippen molar-refractivity contribution in [3.8, 4) is 0 Å². The normalized spacial score (nSPS) is 16.4. The predicted molar refractivity (Wildman–Crippen MR) is 96.3 cm³/mol. The van der Waals surface area contributed by atoms with Crippen LogP contribution in [0.3, 0.4) is 0 Å². The van der Waals surface area contributed by atoms with E-state index >= 15 is 0 Å². The molecule has 3 rings (SSSR count). The molecule has 3 amide bonds. The van der Waals surface area contributed by atoms with E-state index in [1.807, 2.05) is 12.1 Å². The van der Waals surface area contributed by atoms with Crippen molar-refractivity contribution in [2.75, 3.05) is 20.6 Å². The molecular formula is C19H22N4O4. The number of amides is 3. The van der Waals surface area contributed by atoms with Crippen LogP contribution in [0.5, 0.6) is 0 Å². The van der Waals surface area contributed by atoms with E-state index in [9.17, 15) is 14.4 Å². The number of likely N-dealkylation sites (tertiary alicyclic amines) is 1. The van der Waals surface area contributed by atoms with Crippen molar-refractivity contribution in [3.05, 3.63) is 53.7 Å². The van der Waals surface area contributed by atoms with Gasteiger partial charge in [0, 0.05) is 46.0 Å². The second-order valence-electron chi connectivity index (χ2n) is 6.72. The third-order valence-electron chi connectivity index (χ3n) is 4.40. The minimum atomic E-state index is -0.396. The molecule has 1 atom stereocenters. The van der Waals surface area contributed by atoms with Crippen molar-refractivity contribution in [3.63, 3.8) is 0 Å². The van der Waals surface area contributed by atoms with E-state index in [4.69, 9.17) is 4.42 Å². The first-order chi connectivity index (χ1) is 12.9. The largest absolute Gasteiger partial charge is 0.454 e. The molecule has 2 aromatic rings. The van der Waals surface area contributed by atoms with Crippen LogP contribution in [-0.2, 0) is 22.7 Å². The van der Waals surface area contributed by atoms with Crippen LogP contribution in [0.2, 0.25) is 0 Å². The zero-order valence-corrected chi connectivity index (χ0v) is 15.3. The average Bonchev–Trinajstić information content (AvgIpc) is 3.27. The molecule has 1 N–H and O–H groups in total. The van der Waals surface area contributed by atoms with Crippen molar-refractivity contribution < 1.29 is 18.8 Å². The molecule has 0 bridgehead atoms. The van der Waals surface area contributed by atoms with Gasteiger partial charge in [0.2, 0.25) is 11.8 Å². The van der Waals surface area contributed by atoms with Crippen LogP contribution in [0, 0.1) is 5.92 Å². The van der Waals surface area contributed by atoms with Crippen LogP contribution >= 0.6 is 0 Å². The Balaban J connectivity index is 1.52. The lowest BCUT2D eigenvalue weighted by molar-refractivity contribution is -0.129. The molecular weight excluding hydrogens is 348 g/mol. The Morgan fingerprint density at radius 1 is 1.33 bits per heavy atom. The third kappa shape index (κ3) is 4.52. The number of hydrogen-bond donors (Lipinski definition) is 1. The Hall–Kier alpha value is -3.16. The molecule has 0 spiro atoms. The van der Waals surface area contributed by atoms with Gasteiger partial charge in [0.05, 0.1) is 12.5 Å². The number of furan rings is 1. The molecule has 0 radical (unpaired) electrons. The van der Waals surface area contributed by atoms with Gasteiger partial charge in [0.25, 0.3) is 5.91 Å². The van der Waals surface area contributed by atoms with Crippen molar-refractivity contribution in [2.45, 2.75) is 19.5 Å². The summed E-state index contributed by atoms with van der Waals surface area (Å²) in [7, 11) is 3.28. The number of nitrogens with one attached hydrogen (secondary N) is 1. The number of aromatic nitrogens is 1. The maximum Gasteiger partial charge on any atom is 0.289 e. The fraction of sp³-hybridized carbons (Fsp3) is 0.368. The van der Waals surface area contributed by atoms with Gasteiger partial charge in [-0.05, 0) is 23.8 Å². The van der Waals surface area contributed by atoms with Crippen molar-refractivity contribution >= 4 is 17.7 Å². The quantitative estimate of drug-likeness (QED) is 0.820. The van der Waals surface area contributed by atoms with Gasteiger partial charge in [-0.15, -0.1) is 0 Å². The summed E-state index contributed by atoms with van der Waals surface area (Å²) >= 11 is 0. The Labute approximate surface area is 157 Å². The maximum absolute atomic E-state index is 12.4. The van der Waals surface area contributed by atoms with E-state index in [2.05, 4.69) is 10.3 Å². The first kappa shape index (κ1) is 18.6. The summed E-state index contributed by atoms with van der Waals surface area (Å²) in [5, 5.41) is 2.78. The molecule has 1 aliphatic heterocycles. The van der Waals surface area contributed by atoms with Gasteiger partial charge in [-0.1, -0.05) is 6.07 Å². The van der Waals surface area contributed by atoms with Gasteiger partial charge in [-0.25, -0.2) is 0 Å². The smallest absolute Gasteiger partial charge is 0.289 e. The van der Waals surface area contributed by atoms with Crippen LogP contribution < -0.4 is 5.32 Å². The number of pyridine rings is 1. The SMILES string of the molecule is CN(C)C(=O)c1ccc(CNC(=O)C2CC(=O)N(Cc3cccnc3)C2)o1. The van der Waals surface area contributed by atoms with Gasteiger partial charge in [-0.2, -0.15) is 0 Å². The molecule has 27 heavy (non-hydrogen) atoms. The molecule has 2 aromatic heterocycles. The predicted octanol–water partition coefficient (Wildman–Crippen LogP) is 1.04. The molecule has 8 heteroatoms. The van der Waals surface area contributed by atoms with E-state index < -0.39 is 5.92 Å². The van der Waals surface area contributed by atoms with E-state index in [1.54, 1.807) is 43.5 Å². The van der Waals surface area contributed by atoms with Crippen LogP contribution in [0.25, 0.3) is 0 Å². The highest BCUT2D eigenvalue weighted by molar-refractivity contribution is 5.91. The summed E-state index contributed by atoms with van der Waals surface area (Å²) in [6.45, 7) is 1.000. The zero-order chi connectivity index (χ0) is 19.4. The number of carbonyl (C=O) groups excluding carboxylic acids is 3. The van der Waals surface area contributed by atoms with E-state index in [-0.39, 0.29) is 36.4 Å². The summed E-state index contributed by atoms with van der Waals surface area (Å²) in [6.07, 6.45) is 3.58. The Morgan fingerprint density at radius 2 is 2.15 bits per heavy atom. The van der Waals surface area contributed by atoms with Crippen molar-refractivity contribution in [2.24, 2.45) is 5.92 Å². The highest BCUT2D eigenvalue weighted by Gasteiger charge is 2.34. The van der Waals surface area contributed by atoms with Gasteiger partial charge < -0.3 is 19.5 Å². The van der Waals surface area contributed by atoms with Crippen LogP contribution in [0.15, 0.2) is 41.1 Å². The number of rotatable bonds is 6. The van der Waals surface area contributed by atoms with Crippen molar-refractivity contribution in [1.82, 2.24) is 20.1 Å². The monoisotopic (exact) mass is 370 g/mol. The standard InChI is InChI=1S/C19H22N4O4/c1-22(2)19(26)16-6-5-15(27-16)10-21-18(25)14-8-17(24)23(12-14)11-13-4-3-7-20-9-13/h3-7,9,14H,8,10-12H2,1-2H3,(H,21,25). The van der Waals surface area contributed by atoms with Gasteiger partial charge in [0.1, 0.15) is 5.76 Å². The Morgan fingerprint density at radius 3 is 2.85 bits per heavy atom. The molecule has 0 aliphatic carbocycles. The van der Waals surface area contributed by atoms with Gasteiger partial charge in [-0.3, -0.25) is 19.4 Å². The molecule has 142 valence electrons. The first-order valence-electron chi connectivity index (χ1n) is 8.69. The lowest BCUT2D eigenvalue weighted by Gasteiger charge is -2.16. The zero-order valence-electron chi connectivity index (χ0n) is 15.3. The molecule has 0 aromatic carbocycles. The molecule has 1 saturated heterocycles. The van der Waals surface area contributed by atoms with Gasteiger partial charge >= 0.3 is 0 Å². The van der Waals surface area contributed by atoms with Crippen LogP contribution in [-0.4, -0.2) is 53.1 Å². The lowest BCUT2D eigenvalue weighted by Crippen LogP contribution is -2.32. The van der Waals surface area contributed by atoms with E-state index in [1.165, 1.54) is 4.90 Å². The van der Waals surface area contributed by atoms with E-state index in [0.29, 0.717) is 18.8 Å². The molecule has 1 unspecified atom stereocenters. The summed E-state index contributed by atoms with van der Waals surface area (Å²) in [5.74, 6) is -0.162. The highest BCUT2D eigenvalue weighted by atomic mass is 16.4. The first-order valence-corrected chi connectivity index (χ1v) is 8.69. The summed E-state index contributed by atoms with van der Waals surface area (Å²) < 4.78 is 5.45. The Kier molecular flexibility index (Phi) is 5.54. The minimum absolute atomic E-state index is 0.0455. The second kappa shape index (κ2) is 8.03. The highest BCUT2D eigenvalue weighted by Crippen LogP contribution is 2.20. The molecule has 1 aliphatic rings. The van der Waals surface area contributed by atoms with Crippen LogP contribution in [0.1, 0.15) is 28.3 Å². The number of carbonyl (C=O) groups is 3. The fourth-order valence-corrected chi connectivity index (χ4v) is 2.94. The topological polar surface area (TPSA) is 95.8 Å². The summed E-state index contributed by atoms with van der Waals surface area (Å²) in [4.78, 5) is 43.5. The van der Waals surface area contributed by atoms with E-state index in [0.717, 1.165) is 5.56 Å². The molecule has 1 fully saturated rings. The van der Waals surface area contributed by atoms with Crippen LogP contribution in [0.4, 0.5) is 0 Å². The molecule has 3 heterocycles. The Bertz CT molecular complexity index is 831. The average molecular weight is 370 g/mol. The third-order valence-corrected chi connectivity index (χ3v) is 4.40. The maximum atomic E-state index is 12.4. The fourth-order valence-electron chi connectivity index (χ4n) is 2.94. The van der Waals surface area contributed by atoms with Gasteiger partial charge in [0.15, 0.2) is 5.76 Å². The number of hydrogen-bond acceptors (Lipinski definition) is 5. The molecule has 8 nitrogen and oxygen atoms in total. The lowest BCUT2D eigenvalue weighted by atomic mass is 10.1. The minimum Gasteiger partial charge on any atom is -0.454 e. The van der Waals surface area contributed by atoms with Crippen molar-refractivity contribution in [1.29, 1.82) is 0 Å². The second-order valence-corrected chi connectivity index (χ2v) is 6.72. The summed E-state index contributed by atoms with van der Waals surface area (Å²) in [5.41, 5.74) is 0.931. The summed E-state index contributed by atoms with van der Waals surface area (Å²) in [6, 6.07) is 6.96. The molecule has 0 saturated carbocycles.